The van der Waals surface area contributed by atoms with Crippen molar-refractivity contribution >= 4 is 19.6 Å². The monoisotopic (exact) mass is 237 g/mol. The Balaban J connectivity index is 0.000001000. The van der Waals surface area contributed by atoms with Crippen molar-refractivity contribution in [2.75, 3.05) is 0 Å². The molecular weight excluding hydrogens is 234 g/mol. The van der Waals surface area contributed by atoms with E-state index in [1.807, 2.05) is 6.07 Å². The molecule has 11 heavy (non-hydrogen) atoms. The van der Waals surface area contributed by atoms with Crippen molar-refractivity contribution in [2.24, 2.45) is 0 Å². The zero-order valence-corrected chi connectivity index (χ0v) is 10.3. The van der Waals surface area contributed by atoms with Crippen LogP contribution in [-0.2, 0) is 39.1 Å². The van der Waals surface area contributed by atoms with Gasteiger partial charge in [-0.3, -0.25) is 0 Å². The van der Waals surface area contributed by atoms with Gasteiger partial charge in [0.15, 0.2) is 0 Å². The van der Waals surface area contributed by atoms with Crippen LogP contribution in [0.15, 0.2) is 35.2 Å². The molecule has 0 radical (unpaired) electrons. The van der Waals surface area contributed by atoms with E-state index < -0.39 is 9.26 Å². The van der Waals surface area contributed by atoms with Gasteiger partial charge in [0, 0.05) is 31.6 Å². The van der Waals surface area contributed by atoms with Crippen LogP contribution in [0.25, 0.3) is 0 Å². The van der Waals surface area contributed by atoms with Crippen molar-refractivity contribution < 1.29 is 27.9 Å². The van der Waals surface area contributed by atoms with E-state index in [0.29, 0.717) is 0 Å². The first-order valence-corrected chi connectivity index (χ1v) is 5.02. The summed E-state index contributed by atoms with van der Waals surface area (Å²) in [5.41, 5.74) is 0. The summed E-state index contributed by atoms with van der Waals surface area (Å²) in [5, 5.41) is 0. The van der Waals surface area contributed by atoms with Crippen LogP contribution >= 0.6 is 0 Å². The topological polar surface area (TPSA) is 34.1 Å². The smallest absolute Gasteiger partial charge is 0.128 e. The zero-order valence-electron chi connectivity index (χ0n) is 5.73. The van der Waals surface area contributed by atoms with E-state index in [-0.39, 0.29) is 19.5 Å². The first-order valence-electron chi connectivity index (χ1n) is 2.61. The maximum atomic E-state index is 10.1. The number of benzene rings is 1. The average Bonchev–Trinajstić information content (AvgIpc) is 1.88. The van der Waals surface area contributed by atoms with Gasteiger partial charge < -0.3 is 0 Å². The Morgan fingerprint density at radius 2 is 1.64 bits per heavy atom. The van der Waals surface area contributed by atoms with Crippen molar-refractivity contribution in [3.63, 3.8) is 0 Å². The Bertz CT molecular complexity index is 323. The molecule has 0 unspecified atom stereocenters. The summed E-state index contributed by atoms with van der Waals surface area (Å²) in [6.07, 6.45) is 0. The predicted octanol–water partition coefficient (Wildman–Crippen LogP) is 0.920. The molecule has 1 rings (SSSR count). The SMILES string of the molecule is O=S(=O)=[S+]c1ccccc1.[Zn]. The van der Waals surface area contributed by atoms with E-state index in [2.05, 4.69) is 0 Å². The third-order valence-electron chi connectivity index (χ3n) is 0.907. The van der Waals surface area contributed by atoms with E-state index in [4.69, 9.17) is 0 Å². The van der Waals surface area contributed by atoms with Gasteiger partial charge in [0.2, 0.25) is 0 Å². The maximum absolute atomic E-state index is 10.1. The van der Waals surface area contributed by atoms with Crippen LogP contribution in [0, 0.1) is 0 Å². The Kier molecular flexibility index (Phi) is 5.46. The largest absolute Gasteiger partial charge is 0.478 e. The first-order chi connectivity index (χ1) is 4.79. The molecule has 1 aromatic rings. The van der Waals surface area contributed by atoms with E-state index >= 15 is 0 Å². The van der Waals surface area contributed by atoms with Crippen LogP contribution in [-0.4, -0.2) is 8.42 Å². The fraction of sp³-hybridized carbons (Fsp3) is 0. The molecule has 0 aromatic heterocycles. The van der Waals surface area contributed by atoms with Gasteiger partial charge >= 0.3 is 19.6 Å². The third-order valence-corrected chi connectivity index (χ3v) is 2.49. The first kappa shape index (κ1) is 10.9. The fourth-order valence-corrected chi connectivity index (χ4v) is 1.78. The van der Waals surface area contributed by atoms with Crippen molar-refractivity contribution in [2.45, 2.75) is 4.90 Å². The molecule has 0 spiro atoms. The summed E-state index contributed by atoms with van der Waals surface area (Å²) in [6, 6.07) is 8.95. The van der Waals surface area contributed by atoms with Gasteiger partial charge in [-0.15, -0.1) is 8.42 Å². The number of rotatable bonds is 1. The quantitative estimate of drug-likeness (QED) is 0.539. The van der Waals surface area contributed by atoms with Crippen molar-refractivity contribution in [3.05, 3.63) is 30.3 Å². The molecule has 0 fully saturated rings. The molecule has 0 atom stereocenters. The van der Waals surface area contributed by atoms with Gasteiger partial charge in [0.05, 0.1) is 0 Å². The molecular formula is C6H5O2S2Zn+. The summed E-state index contributed by atoms with van der Waals surface area (Å²) in [4.78, 5) is 0.746. The molecule has 0 saturated heterocycles. The fourth-order valence-electron chi connectivity index (χ4n) is 0.555. The van der Waals surface area contributed by atoms with Crippen LogP contribution in [0.1, 0.15) is 0 Å². The standard InChI is InChI=1S/C6H5O2S2.Zn/c7-10(8)9-6-4-2-1-3-5-6;/h1-5H;/q+1;. The molecule has 2 nitrogen and oxygen atoms in total. The van der Waals surface area contributed by atoms with Crippen molar-refractivity contribution in [3.8, 4) is 0 Å². The van der Waals surface area contributed by atoms with Gasteiger partial charge in [-0.2, -0.15) is 0 Å². The molecule has 0 aliphatic rings. The summed E-state index contributed by atoms with van der Waals surface area (Å²) >= 11 is 0. The average molecular weight is 239 g/mol. The van der Waals surface area contributed by atoms with E-state index in [1.54, 1.807) is 24.3 Å². The van der Waals surface area contributed by atoms with Crippen LogP contribution in [0.4, 0.5) is 0 Å². The summed E-state index contributed by atoms with van der Waals surface area (Å²) in [5.74, 6) is 0. The number of hydrogen-bond donors (Lipinski definition) is 0. The Morgan fingerprint density at radius 1 is 1.09 bits per heavy atom. The van der Waals surface area contributed by atoms with E-state index in [1.165, 1.54) is 0 Å². The summed E-state index contributed by atoms with van der Waals surface area (Å²) in [7, 11) is -1.23. The Labute approximate surface area is 82.5 Å². The maximum Gasteiger partial charge on any atom is 0.478 e. The second kappa shape index (κ2) is 5.52. The van der Waals surface area contributed by atoms with Gasteiger partial charge in [-0.25, -0.2) is 0 Å². The van der Waals surface area contributed by atoms with Gasteiger partial charge in [0.25, 0.3) is 4.90 Å². The molecule has 0 aliphatic heterocycles. The Hall–Kier alpha value is -0.117. The van der Waals surface area contributed by atoms with Gasteiger partial charge in [-0.1, -0.05) is 18.2 Å². The minimum atomic E-state index is -2.05. The number of hydrogen-bond acceptors (Lipinski definition) is 2. The molecule has 0 saturated carbocycles. The normalized spacial score (nSPS) is 8.00. The molecule has 1 aromatic carbocycles. The Morgan fingerprint density at radius 3 is 2.09 bits per heavy atom. The van der Waals surface area contributed by atoms with Crippen LogP contribution in [0.3, 0.4) is 0 Å². The van der Waals surface area contributed by atoms with Gasteiger partial charge in [0.1, 0.15) is 0 Å². The molecule has 0 amide bonds. The molecule has 54 valence electrons. The molecule has 0 bridgehead atoms. The third kappa shape index (κ3) is 4.35. The summed E-state index contributed by atoms with van der Waals surface area (Å²) < 4.78 is 20.3. The molecule has 0 aliphatic carbocycles. The van der Waals surface area contributed by atoms with E-state index in [9.17, 15) is 8.42 Å². The molecule has 5 heteroatoms. The molecule has 0 heterocycles. The molecule has 0 N–H and O–H groups in total. The van der Waals surface area contributed by atoms with Crippen molar-refractivity contribution in [1.29, 1.82) is 0 Å². The van der Waals surface area contributed by atoms with E-state index in [0.717, 1.165) is 15.2 Å². The summed E-state index contributed by atoms with van der Waals surface area (Å²) in [6.45, 7) is 0. The van der Waals surface area contributed by atoms with Crippen LogP contribution in [0.2, 0.25) is 0 Å². The zero-order chi connectivity index (χ0) is 7.40. The van der Waals surface area contributed by atoms with Crippen LogP contribution < -0.4 is 0 Å². The minimum absolute atomic E-state index is 0. The van der Waals surface area contributed by atoms with Crippen LogP contribution in [0.5, 0.6) is 0 Å². The second-order valence-electron chi connectivity index (χ2n) is 1.60. The second-order valence-corrected chi connectivity index (χ2v) is 3.96. The van der Waals surface area contributed by atoms with Crippen molar-refractivity contribution in [1.82, 2.24) is 0 Å². The van der Waals surface area contributed by atoms with Gasteiger partial charge in [-0.05, 0) is 0 Å². The predicted molar refractivity (Wildman–Crippen MR) is 41.0 cm³/mol. The minimum Gasteiger partial charge on any atom is -0.128 e.